The number of carbonyl (C=O) groups is 2. The predicted molar refractivity (Wildman–Crippen MR) is 106 cm³/mol. The van der Waals surface area contributed by atoms with Gasteiger partial charge in [-0.15, -0.1) is 0 Å². The van der Waals surface area contributed by atoms with Crippen molar-refractivity contribution < 1.29 is 14.3 Å². The Labute approximate surface area is 159 Å². The van der Waals surface area contributed by atoms with Gasteiger partial charge in [0, 0.05) is 22.8 Å². The smallest absolute Gasteiger partial charge is 0.322 e. The average molecular weight is 364 g/mol. The lowest BCUT2D eigenvalue weighted by Crippen LogP contribution is -2.28. The number of nitrogens with zero attached hydrogens (tertiary/aromatic N) is 2. The summed E-state index contributed by atoms with van der Waals surface area (Å²) in [6, 6.07) is 10.3. The van der Waals surface area contributed by atoms with Gasteiger partial charge in [0.2, 0.25) is 5.78 Å². The molecule has 0 saturated heterocycles. The lowest BCUT2D eigenvalue weighted by Gasteiger charge is -2.10. The number of ketones is 1. The Hall–Kier alpha value is -2.95. The van der Waals surface area contributed by atoms with Crippen LogP contribution in [0.2, 0.25) is 0 Å². The molecule has 140 valence electrons. The number of esters is 1. The quantitative estimate of drug-likeness (QED) is 0.469. The highest BCUT2D eigenvalue weighted by Gasteiger charge is 2.38. The highest BCUT2D eigenvalue weighted by atomic mass is 16.5. The normalized spacial score (nSPS) is 18.1. The van der Waals surface area contributed by atoms with Crippen LogP contribution in [0.1, 0.15) is 36.4 Å². The first-order valence-electron chi connectivity index (χ1n) is 9.07. The molecule has 2 aromatic rings. The largest absolute Gasteiger partial charge is 0.465 e. The van der Waals surface area contributed by atoms with Crippen LogP contribution >= 0.6 is 0 Å². The predicted octanol–water partition coefficient (Wildman–Crippen LogP) is 3.97. The summed E-state index contributed by atoms with van der Waals surface area (Å²) in [5.41, 5.74) is 6.05. The van der Waals surface area contributed by atoms with E-state index < -0.39 is 11.9 Å². The first-order valence-corrected chi connectivity index (χ1v) is 9.07. The lowest BCUT2D eigenvalue weighted by molar-refractivity contribution is -0.147. The summed E-state index contributed by atoms with van der Waals surface area (Å²) in [7, 11) is 0. The molecule has 2 heterocycles. The number of aryl methyl sites for hydroxylation is 2. The van der Waals surface area contributed by atoms with E-state index >= 15 is 0 Å². The van der Waals surface area contributed by atoms with Crippen molar-refractivity contribution in [2.24, 2.45) is 10.9 Å². The molecule has 0 N–H and O–H groups in total. The molecule has 1 aromatic carbocycles. The second kappa shape index (κ2) is 7.35. The summed E-state index contributed by atoms with van der Waals surface area (Å²) >= 11 is 0. The summed E-state index contributed by atoms with van der Waals surface area (Å²) in [4.78, 5) is 29.0. The minimum absolute atomic E-state index is 0.243. The molecule has 27 heavy (non-hydrogen) atoms. The molecule has 0 aliphatic carbocycles. The Morgan fingerprint density at radius 2 is 1.96 bits per heavy atom. The number of allylic oxidation sites excluding steroid dienone is 1. The minimum Gasteiger partial charge on any atom is -0.465 e. The zero-order valence-electron chi connectivity index (χ0n) is 16.4. The second-order valence-corrected chi connectivity index (χ2v) is 6.83. The van der Waals surface area contributed by atoms with Crippen LogP contribution in [-0.2, 0) is 14.3 Å². The molecule has 1 aliphatic rings. The first-order chi connectivity index (χ1) is 12.8. The van der Waals surface area contributed by atoms with Gasteiger partial charge in [-0.1, -0.05) is 12.1 Å². The summed E-state index contributed by atoms with van der Waals surface area (Å²) in [5.74, 6) is -1.75. The van der Waals surface area contributed by atoms with Crippen LogP contribution in [0.3, 0.4) is 0 Å². The molecular formula is C22H24N2O3. The van der Waals surface area contributed by atoms with Crippen LogP contribution in [-0.4, -0.2) is 28.6 Å². The molecule has 0 amide bonds. The molecule has 5 heteroatoms. The summed E-state index contributed by atoms with van der Waals surface area (Å²) in [6.07, 6.45) is 1.76. The van der Waals surface area contributed by atoms with Crippen LogP contribution < -0.4 is 0 Å². The van der Waals surface area contributed by atoms with Crippen molar-refractivity contribution in [1.82, 2.24) is 4.57 Å². The third-order valence-corrected chi connectivity index (χ3v) is 4.77. The minimum atomic E-state index is -0.920. The van der Waals surface area contributed by atoms with Crippen molar-refractivity contribution >= 4 is 23.5 Å². The zero-order chi connectivity index (χ0) is 19.7. The van der Waals surface area contributed by atoms with Gasteiger partial charge in [-0.2, -0.15) is 0 Å². The molecule has 3 rings (SSSR count). The van der Waals surface area contributed by atoms with E-state index in [4.69, 9.17) is 4.74 Å². The summed E-state index contributed by atoms with van der Waals surface area (Å²) in [5, 5.41) is 0. The van der Waals surface area contributed by atoms with Crippen molar-refractivity contribution in [2.45, 2.75) is 34.6 Å². The Bertz CT molecular complexity index is 979. The molecule has 0 fully saturated rings. The van der Waals surface area contributed by atoms with Crippen LogP contribution in [0.4, 0.5) is 0 Å². The summed E-state index contributed by atoms with van der Waals surface area (Å²) in [6.45, 7) is 9.76. The number of rotatable bonds is 4. The number of aromatic nitrogens is 1. The number of hydrogen-bond donors (Lipinski definition) is 0. The summed E-state index contributed by atoms with van der Waals surface area (Å²) < 4.78 is 7.16. The maximum atomic E-state index is 12.7. The fraction of sp³-hybridized carbons (Fsp3) is 0.318. The highest BCUT2D eigenvalue weighted by molar-refractivity contribution is 6.28. The van der Waals surface area contributed by atoms with E-state index in [1.807, 2.05) is 26.0 Å². The topological polar surface area (TPSA) is 60.7 Å². The number of benzene rings is 1. The van der Waals surface area contributed by atoms with Gasteiger partial charge in [0.25, 0.3) is 0 Å². The molecular weight excluding hydrogens is 340 g/mol. The Balaban J connectivity index is 1.98. The van der Waals surface area contributed by atoms with Crippen molar-refractivity contribution in [3.05, 3.63) is 58.5 Å². The van der Waals surface area contributed by atoms with E-state index in [1.165, 1.54) is 5.56 Å². The monoisotopic (exact) mass is 364 g/mol. The molecule has 0 radical (unpaired) electrons. The van der Waals surface area contributed by atoms with Crippen molar-refractivity contribution in [2.75, 3.05) is 6.61 Å². The van der Waals surface area contributed by atoms with Crippen LogP contribution in [0.25, 0.3) is 11.8 Å². The van der Waals surface area contributed by atoms with Gasteiger partial charge in [-0.05, 0) is 70.0 Å². The number of ether oxygens (including phenoxy) is 1. The molecule has 0 saturated carbocycles. The van der Waals surface area contributed by atoms with Crippen LogP contribution in [0.5, 0.6) is 0 Å². The molecule has 1 aliphatic heterocycles. The van der Waals surface area contributed by atoms with Gasteiger partial charge >= 0.3 is 5.97 Å². The van der Waals surface area contributed by atoms with E-state index in [0.29, 0.717) is 11.4 Å². The fourth-order valence-electron chi connectivity index (χ4n) is 3.50. The molecule has 1 aromatic heterocycles. The number of carbonyl (C=O) groups excluding carboxylic acids is 2. The van der Waals surface area contributed by atoms with E-state index in [1.54, 1.807) is 19.9 Å². The Morgan fingerprint density at radius 3 is 2.63 bits per heavy atom. The molecule has 1 atom stereocenters. The van der Waals surface area contributed by atoms with Gasteiger partial charge in [-0.25, -0.2) is 0 Å². The third-order valence-electron chi connectivity index (χ3n) is 4.77. The SMILES string of the molecule is CCOC(=O)C1C(=O)/C(=C\c2cc(C)n(-c3cccc(C)c3)c2C)N=C1C. The molecule has 0 spiro atoms. The van der Waals surface area contributed by atoms with Crippen molar-refractivity contribution in [3.8, 4) is 5.69 Å². The molecule has 5 nitrogen and oxygen atoms in total. The van der Waals surface area contributed by atoms with Gasteiger partial charge < -0.3 is 9.30 Å². The van der Waals surface area contributed by atoms with Crippen LogP contribution in [0, 0.1) is 26.7 Å². The van der Waals surface area contributed by atoms with Gasteiger partial charge in [0.05, 0.1) is 6.61 Å². The van der Waals surface area contributed by atoms with E-state index in [2.05, 4.69) is 34.7 Å². The fourth-order valence-corrected chi connectivity index (χ4v) is 3.50. The van der Waals surface area contributed by atoms with E-state index in [-0.39, 0.29) is 12.4 Å². The molecule has 0 bridgehead atoms. The van der Waals surface area contributed by atoms with Gasteiger partial charge in [0.1, 0.15) is 5.70 Å². The number of hydrogen-bond acceptors (Lipinski definition) is 4. The zero-order valence-corrected chi connectivity index (χ0v) is 16.4. The standard InChI is InChI=1S/C22H24N2O3/c1-6-27-22(26)20-15(4)23-19(21(20)25)12-17-11-14(3)24(16(17)5)18-9-7-8-13(2)10-18/h7-12,20H,6H2,1-5H3/b19-12+. The van der Waals surface area contributed by atoms with Crippen LogP contribution in [0.15, 0.2) is 41.0 Å². The number of Topliss-reactive ketones (excluding diaryl/α,β-unsaturated/α-hetero) is 1. The average Bonchev–Trinajstić information content (AvgIpc) is 3.03. The maximum absolute atomic E-state index is 12.7. The van der Waals surface area contributed by atoms with Gasteiger partial charge in [0.15, 0.2) is 5.92 Å². The highest BCUT2D eigenvalue weighted by Crippen LogP contribution is 2.27. The number of aliphatic imine (C=N–C) groups is 1. The maximum Gasteiger partial charge on any atom is 0.322 e. The lowest BCUT2D eigenvalue weighted by atomic mass is 10.0. The van der Waals surface area contributed by atoms with Gasteiger partial charge in [-0.3, -0.25) is 14.6 Å². The van der Waals surface area contributed by atoms with E-state index in [0.717, 1.165) is 22.6 Å². The first kappa shape index (κ1) is 18.8. The van der Waals surface area contributed by atoms with E-state index in [9.17, 15) is 9.59 Å². The van der Waals surface area contributed by atoms with Crippen molar-refractivity contribution in [3.63, 3.8) is 0 Å². The second-order valence-electron chi connectivity index (χ2n) is 6.83. The Kier molecular flexibility index (Phi) is 5.13. The third kappa shape index (κ3) is 3.50. The Morgan fingerprint density at radius 1 is 1.22 bits per heavy atom. The van der Waals surface area contributed by atoms with Crippen molar-refractivity contribution in [1.29, 1.82) is 0 Å². The molecule has 1 unspecified atom stereocenters.